The van der Waals surface area contributed by atoms with E-state index in [9.17, 15) is 0 Å². The molecule has 2 aliphatic carbocycles. The van der Waals surface area contributed by atoms with Gasteiger partial charge in [-0.3, -0.25) is 4.40 Å². The van der Waals surface area contributed by atoms with Gasteiger partial charge in [0.15, 0.2) is 0 Å². The number of aromatic nitrogens is 2. The first kappa shape index (κ1) is 16.4. The molecule has 0 aliphatic heterocycles. The van der Waals surface area contributed by atoms with Crippen LogP contribution in [-0.4, -0.2) is 9.38 Å². The molecule has 2 atom stereocenters. The standard InChI is InChI=1S/C28H22N2O/c1-27-10-11-28(2,15-27)20-13-22-21(12-19(20)27)29-26-17-7-5-9-24-25(17)18(14-30(22)26)16-6-3-4-8-23(16)31-24/h3-9,12-14H,10-11,15H2,1-2H3. The van der Waals surface area contributed by atoms with Crippen LogP contribution in [0.25, 0.3) is 49.4 Å². The van der Waals surface area contributed by atoms with Crippen LogP contribution in [0.5, 0.6) is 0 Å². The van der Waals surface area contributed by atoms with Crippen molar-refractivity contribution in [1.29, 1.82) is 0 Å². The fourth-order valence-corrected chi connectivity index (χ4v) is 6.89. The van der Waals surface area contributed by atoms with Crippen molar-refractivity contribution in [2.75, 3.05) is 0 Å². The van der Waals surface area contributed by atoms with Crippen molar-refractivity contribution in [2.24, 2.45) is 0 Å². The van der Waals surface area contributed by atoms with Gasteiger partial charge >= 0.3 is 0 Å². The minimum Gasteiger partial charge on any atom is -0.456 e. The van der Waals surface area contributed by atoms with Crippen LogP contribution in [-0.2, 0) is 10.8 Å². The summed E-state index contributed by atoms with van der Waals surface area (Å²) in [7, 11) is 0. The van der Waals surface area contributed by atoms with Crippen LogP contribution in [0.1, 0.15) is 44.2 Å². The molecule has 1 saturated carbocycles. The van der Waals surface area contributed by atoms with Gasteiger partial charge in [-0.25, -0.2) is 4.98 Å². The smallest absolute Gasteiger partial charge is 0.146 e. The minimum atomic E-state index is 0.307. The lowest BCUT2D eigenvalue weighted by Crippen LogP contribution is -2.17. The summed E-state index contributed by atoms with van der Waals surface area (Å²) in [5.41, 5.74) is 8.87. The molecule has 2 aliphatic rings. The van der Waals surface area contributed by atoms with Crippen molar-refractivity contribution in [1.82, 2.24) is 9.38 Å². The third-order valence-corrected chi connectivity index (χ3v) is 8.33. The largest absolute Gasteiger partial charge is 0.456 e. The molecule has 0 N–H and O–H groups in total. The summed E-state index contributed by atoms with van der Waals surface area (Å²) in [6.07, 6.45) is 6.13. The molecule has 3 aromatic carbocycles. The summed E-state index contributed by atoms with van der Waals surface area (Å²) >= 11 is 0. The molecule has 0 amide bonds. The average molecular weight is 402 g/mol. The Morgan fingerprint density at radius 2 is 1.58 bits per heavy atom. The number of hydrogen-bond donors (Lipinski definition) is 0. The molecular formula is C28H22N2O. The molecular weight excluding hydrogens is 380 g/mol. The third-order valence-electron chi connectivity index (χ3n) is 8.33. The highest BCUT2D eigenvalue weighted by Gasteiger charge is 2.53. The molecule has 3 heterocycles. The van der Waals surface area contributed by atoms with Crippen LogP contribution in [0.2, 0.25) is 0 Å². The molecule has 0 radical (unpaired) electrons. The van der Waals surface area contributed by atoms with Gasteiger partial charge in [0.2, 0.25) is 0 Å². The maximum absolute atomic E-state index is 6.26. The zero-order chi connectivity index (χ0) is 20.5. The Morgan fingerprint density at radius 1 is 0.839 bits per heavy atom. The average Bonchev–Trinajstić information content (AvgIpc) is 3.37. The molecule has 2 unspecified atom stereocenters. The van der Waals surface area contributed by atoms with E-state index in [4.69, 9.17) is 9.40 Å². The lowest BCUT2D eigenvalue weighted by Gasteiger charge is -2.26. The number of para-hydroxylation sites is 1. The number of rotatable bonds is 0. The Bertz CT molecular complexity index is 1750. The van der Waals surface area contributed by atoms with Crippen molar-refractivity contribution in [3.05, 3.63) is 71.9 Å². The molecule has 8 rings (SSSR count). The van der Waals surface area contributed by atoms with Gasteiger partial charge in [0, 0.05) is 27.7 Å². The van der Waals surface area contributed by atoms with Gasteiger partial charge in [-0.1, -0.05) is 44.2 Å². The zero-order valence-electron chi connectivity index (χ0n) is 17.7. The minimum absolute atomic E-state index is 0.307. The molecule has 3 aromatic heterocycles. The second-order valence-electron chi connectivity index (χ2n) is 10.3. The van der Waals surface area contributed by atoms with E-state index in [1.54, 1.807) is 5.56 Å². The maximum Gasteiger partial charge on any atom is 0.146 e. The molecule has 0 spiro atoms. The van der Waals surface area contributed by atoms with E-state index in [1.165, 1.54) is 35.7 Å². The molecule has 3 nitrogen and oxygen atoms in total. The fraction of sp³-hybridized carbons (Fsp3) is 0.250. The van der Waals surface area contributed by atoms with E-state index in [0.717, 1.165) is 38.5 Å². The molecule has 1 fully saturated rings. The lowest BCUT2D eigenvalue weighted by atomic mass is 9.78. The first-order chi connectivity index (χ1) is 15.0. The van der Waals surface area contributed by atoms with Crippen LogP contribution >= 0.6 is 0 Å². The summed E-state index contributed by atoms with van der Waals surface area (Å²) in [4.78, 5) is 5.16. The topological polar surface area (TPSA) is 30.4 Å². The van der Waals surface area contributed by atoms with Crippen molar-refractivity contribution in [2.45, 2.75) is 43.9 Å². The van der Waals surface area contributed by atoms with Gasteiger partial charge in [0.25, 0.3) is 0 Å². The summed E-state index contributed by atoms with van der Waals surface area (Å²) in [6.45, 7) is 4.90. The van der Waals surface area contributed by atoms with Gasteiger partial charge < -0.3 is 4.42 Å². The van der Waals surface area contributed by atoms with Gasteiger partial charge in [0.1, 0.15) is 16.8 Å². The van der Waals surface area contributed by atoms with Gasteiger partial charge in [-0.15, -0.1) is 0 Å². The molecule has 6 aromatic rings. The first-order valence-corrected chi connectivity index (χ1v) is 11.2. The number of hydrogen-bond acceptors (Lipinski definition) is 2. The number of imidazole rings is 1. The van der Waals surface area contributed by atoms with E-state index in [-0.39, 0.29) is 0 Å². The van der Waals surface area contributed by atoms with Crippen molar-refractivity contribution in [3.63, 3.8) is 0 Å². The first-order valence-electron chi connectivity index (χ1n) is 11.2. The Balaban J connectivity index is 1.60. The lowest BCUT2D eigenvalue weighted by molar-refractivity contribution is 0.484. The molecule has 31 heavy (non-hydrogen) atoms. The number of pyridine rings is 1. The molecule has 0 saturated heterocycles. The Hall–Kier alpha value is -3.33. The summed E-state index contributed by atoms with van der Waals surface area (Å²) in [5, 5.41) is 4.69. The summed E-state index contributed by atoms with van der Waals surface area (Å²) < 4.78 is 8.58. The van der Waals surface area contributed by atoms with Crippen molar-refractivity contribution < 1.29 is 4.42 Å². The van der Waals surface area contributed by atoms with Crippen LogP contribution in [0.15, 0.2) is 65.2 Å². The second-order valence-corrected chi connectivity index (χ2v) is 10.3. The molecule has 2 bridgehead atoms. The van der Waals surface area contributed by atoms with Gasteiger partial charge in [0.05, 0.1) is 11.0 Å². The highest BCUT2D eigenvalue weighted by Crippen LogP contribution is 2.61. The van der Waals surface area contributed by atoms with E-state index in [2.05, 4.69) is 73.0 Å². The number of nitrogens with zero attached hydrogens (tertiary/aromatic N) is 2. The predicted octanol–water partition coefficient (Wildman–Crippen LogP) is 7.25. The maximum atomic E-state index is 6.26. The summed E-state index contributed by atoms with van der Waals surface area (Å²) in [6, 6.07) is 19.5. The van der Waals surface area contributed by atoms with Gasteiger partial charge in [-0.2, -0.15) is 0 Å². The van der Waals surface area contributed by atoms with E-state index in [1.807, 2.05) is 6.07 Å². The van der Waals surface area contributed by atoms with Crippen LogP contribution in [0.3, 0.4) is 0 Å². The molecule has 150 valence electrons. The quantitative estimate of drug-likeness (QED) is 0.198. The summed E-state index contributed by atoms with van der Waals surface area (Å²) in [5.74, 6) is 0. The molecule has 3 heteroatoms. The van der Waals surface area contributed by atoms with Crippen LogP contribution in [0, 0.1) is 0 Å². The van der Waals surface area contributed by atoms with E-state index >= 15 is 0 Å². The highest BCUT2D eigenvalue weighted by atomic mass is 16.3. The van der Waals surface area contributed by atoms with Crippen LogP contribution in [0.4, 0.5) is 0 Å². The highest BCUT2D eigenvalue weighted by molar-refractivity contribution is 6.20. The number of fused-ring (bicyclic) bond motifs is 11. The number of benzene rings is 3. The fourth-order valence-electron chi connectivity index (χ4n) is 6.89. The Morgan fingerprint density at radius 3 is 2.45 bits per heavy atom. The van der Waals surface area contributed by atoms with Crippen molar-refractivity contribution in [3.8, 4) is 0 Å². The monoisotopic (exact) mass is 402 g/mol. The predicted molar refractivity (Wildman–Crippen MR) is 126 cm³/mol. The van der Waals surface area contributed by atoms with Gasteiger partial charge in [-0.05, 0) is 65.5 Å². The third kappa shape index (κ3) is 1.81. The second kappa shape index (κ2) is 4.94. The van der Waals surface area contributed by atoms with E-state index in [0.29, 0.717) is 10.8 Å². The van der Waals surface area contributed by atoms with Crippen LogP contribution < -0.4 is 0 Å². The normalized spacial score (nSPS) is 25.0. The SMILES string of the molecule is CC12CCC(C)(C1)c1cc3c(cc12)nc1c2cccc4oc5ccccc5c(cn31)c42. The van der Waals surface area contributed by atoms with Crippen molar-refractivity contribution >= 4 is 49.4 Å². The van der Waals surface area contributed by atoms with E-state index < -0.39 is 0 Å². The zero-order valence-corrected chi connectivity index (χ0v) is 17.7. The Labute approximate surface area is 179 Å². The Kier molecular flexibility index (Phi) is 2.61.